The van der Waals surface area contributed by atoms with Crippen molar-refractivity contribution in [2.75, 3.05) is 0 Å². The van der Waals surface area contributed by atoms with Crippen molar-refractivity contribution in [3.63, 3.8) is 0 Å². The van der Waals surface area contributed by atoms with E-state index in [0.29, 0.717) is 0 Å². The molecule has 1 fully saturated rings. The summed E-state index contributed by atoms with van der Waals surface area (Å²) < 4.78 is 0. The summed E-state index contributed by atoms with van der Waals surface area (Å²) in [5.74, 6) is 2.11. The highest BCUT2D eigenvalue weighted by atomic mass is 14.3. The van der Waals surface area contributed by atoms with Gasteiger partial charge in [0.05, 0.1) is 0 Å². The van der Waals surface area contributed by atoms with E-state index < -0.39 is 0 Å². The van der Waals surface area contributed by atoms with E-state index in [1.165, 1.54) is 32.1 Å². The summed E-state index contributed by atoms with van der Waals surface area (Å²) in [5.41, 5.74) is 0. The zero-order valence-electron chi connectivity index (χ0n) is 6.69. The molecule has 2 unspecified atom stereocenters. The molecule has 0 heterocycles. The third-order valence-electron chi connectivity index (χ3n) is 2.70. The van der Waals surface area contributed by atoms with Crippen molar-refractivity contribution in [2.45, 2.75) is 68.2 Å². The fourth-order valence-electron chi connectivity index (χ4n) is 2.02. The third-order valence-corrected chi connectivity index (χ3v) is 2.70. The summed E-state index contributed by atoms with van der Waals surface area (Å²) in [7, 11) is 0. The van der Waals surface area contributed by atoms with Crippen LogP contribution in [0.3, 0.4) is 0 Å². The average Bonchev–Trinajstić information content (AvgIpc) is 2.18. The normalized spacial score (nSPS) is 26.5. The van der Waals surface area contributed by atoms with Crippen LogP contribution in [0, 0.1) is 11.8 Å². The molecule has 0 N–H and O–H groups in total. The first kappa shape index (κ1) is 17.9. The highest BCUT2D eigenvalue weighted by molar-refractivity contribution is 4.73. The van der Waals surface area contributed by atoms with Crippen molar-refractivity contribution in [3.05, 3.63) is 0 Å². The molecule has 0 bridgehead atoms. The van der Waals surface area contributed by atoms with Crippen LogP contribution in [-0.4, -0.2) is 0 Å². The van der Waals surface area contributed by atoms with Gasteiger partial charge in [0.2, 0.25) is 0 Å². The largest absolute Gasteiger partial charge is 0.0776 e. The van der Waals surface area contributed by atoms with Crippen LogP contribution in [0.5, 0.6) is 0 Å². The standard InChI is InChI=1S/C9H18.3CH4/c1-3-5-9-7-4-6-8(9)2;;;/h8-9H,3-7H2,1-2H3;3*1H4. The first-order valence-electron chi connectivity index (χ1n) is 4.34. The SMILES string of the molecule is C.C.C.CCCC1CCCC1C. The van der Waals surface area contributed by atoms with Gasteiger partial charge in [0, 0.05) is 0 Å². The molecule has 1 aliphatic carbocycles. The zero-order valence-corrected chi connectivity index (χ0v) is 6.69. The number of hydrogen-bond acceptors (Lipinski definition) is 0. The fraction of sp³-hybridized carbons (Fsp3) is 1.00. The number of rotatable bonds is 2. The third kappa shape index (κ3) is 4.79. The topological polar surface area (TPSA) is 0 Å². The van der Waals surface area contributed by atoms with Crippen molar-refractivity contribution >= 4 is 0 Å². The maximum Gasteiger partial charge on any atom is -0.0389 e. The Hall–Kier alpha value is 0. The Kier molecular flexibility index (Phi) is 13.6. The Balaban J connectivity index is -0.000000270. The van der Waals surface area contributed by atoms with Crippen LogP contribution in [0.1, 0.15) is 68.2 Å². The van der Waals surface area contributed by atoms with E-state index in [-0.39, 0.29) is 22.3 Å². The Labute approximate surface area is 80.8 Å². The Bertz CT molecular complexity index is 76.1. The van der Waals surface area contributed by atoms with Crippen LogP contribution < -0.4 is 0 Å². The summed E-state index contributed by atoms with van der Waals surface area (Å²) in [5, 5.41) is 0. The average molecular weight is 174 g/mol. The van der Waals surface area contributed by atoms with E-state index in [9.17, 15) is 0 Å². The van der Waals surface area contributed by atoms with Gasteiger partial charge < -0.3 is 0 Å². The molecule has 78 valence electrons. The minimum Gasteiger partial charge on any atom is -0.0776 e. The second kappa shape index (κ2) is 9.09. The van der Waals surface area contributed by atoms with Crippen molar-refractivity contribution in [2.24, 2.45) is 11.8 Å². The van der Waals surface area contributed by atoms with E-state index in [1.54, 1.807) is 0 Å². The summed E-state index contributed by atoms with van der Waals surface area (Å²) in [6.45, 7) is 4.71. The van der Waals surface area contributed by atoms with E-state index in [2.05, 4.69) is 13.8 Å². The summed E-state index contributed by atoms with van der Waals surface area (Å²) in [6.07, 6.45) is 7.35. The smallest absolute Gasteiger partial charge is 0.0389 e. The minimum absolute atomic E-state index is 0. The monoisotopic (exact) mass is 174 g/mol. The van der Waals surface area contributed by atoms with Crippen LogP contribution in [0.25, 0.3) is 0 Å². The molecule has 0 aromatic heterocycles. The summed E-state index contributed by atoms with van der Waals surface area (Å²) in [6, 6.07) is 0. The Morgan fingerprint density at radius 2 is 1.67 bits per heavy atom. The van der Waals surface area contributed by atoms with E-state index >= 15 is 0 Å². The lowest BCUT2D eigenvalue weighted by molar-refractivity contribution is 0.388. The van der Waals surface area contributed by atoms with E-state index in [4.69, 9.17) is 0 Å². The second-order valence-electron chi connectivity index (χ2n) is 3.46. The lowest BCUT2D eigenvalue weighted by Crippen LogP contribution is -2.02. The quantitative estimate of drug-likeness (QED) is 0.544. The van der Waals surface area contributed by atoms with Crippen LogP contribution >= 0.6 is 0 Å². The molecule has 0 aromatic rings. The molecule has 2 atom stereocenters. The first-order chi connectivity index (χ1) is 4.34. The fourth-order valence-corrected chi connectivity index (χ4v) is 2.02. The van der Waals surface area contributed by atoms with Crippen molar-refractivity contribution in [3.8, 4) is 0 Å². The van der Waals surface area contributed by atoms with Gasteiger partial charge in [0.1, 0.15) is 0 Å². The Morgan fingerprint density at radius 1 is 1.08 bits per heavy atom. The highest BCUT2D eigenvalue weighted by Crippen LogP contribution is 2.33. The first-order valence-corrected chi connectivity index (χ1v) is 4.34. The van der Waals surface area contributed by atoms with Gasteiger partial charge in [0.25, 0.3) is 0 Å². The van der Waals surface area contributed by atoms with Crippen LogP contribution in [0.15, 0.2) is 0 Å². The van der Waals surface area contributed by atoms with E-state index in [1.807, 2.05) is 0 Å². The van der Waals surface area contributed by atoms with Gasteiger partial charge in [-0.25, -0.2) is 0 Å². The molecule has 12 heavy (non-hydrogen) atoms. The van der Waals surface area contributed by atoms with Crippen molar-refractivity contribution in [1.29, 1.82) is 0 Å². The van der Waals surface area contributed by atoms with Crippen molar-refractivity contribution in [1.82, 2.24) is 0 Å². The van der Waals surface area contributed by atoms with Gasteiger partial charge in [-0.15, -0.1) is 0 Å². The van der Waals surface area contributed by atoms with Crippen LogP contribution in [-0.2, 0) is 0 Å². The molecule has 1 saturated carbocycles. The van der Waals surface area contributed by atoms with Gasteiger partial charge in [-0.2, -0.15) is 0 Å². The predicted molar refractivity (Wildman–Crippen MR) is 61.6 cm³/mol. The molecule has 0 aliphatic heterocycles. The molecule has 0 aromatic carbocycles. The molecule has 1 aliphatic rings. The maximum absolute atomic E-state index is 2.41. The lowest BCUT2D eigenvalue weighted by Gasteiger charge is -2.12. The molecule has 0 nitrogen and oxygen atoms in total. The molecule has 0 radical (unpaired) electrons. The summed E-state index contributed by atoms with van der Waals surface area (Å²) >= 11 is 0. The highest BCUT2D eigenvalue weighted by Gasteiger charge is 2.21. The second-order valence-corrected chi connectivity index (χ2v) is 3.46. The summed E-state index contributed by atoms with van der Waals surface area (Å²) in [4.78, 5) is 0. The zero-order chi connectivity index (χ0) is 6.69. The van der Waals surface area contributed by atoms with Gasteiger partial charge in [-0.1, -0.05) is 68.2 Å². The molecule has 0 spiro atoms. The van der Waals surface area contributed by atoms with Crippen LogP contribution in [0.2, 0.25) is 0 Å². The van der Waals surface area contributed by atoms with E-state index in [0.717, 1.165) is 11.8 Å². The van der Waals surface area contributed by atoms with Gasteiger partial charge in [0.15, 0.2) is 0 Å². The number of hydrogen-bond donors (Lipinski definition) is 0. The molecule has 0 amide bonds. The lowest BCUT2D eigenvalue weighted by atomic mass is 9.94. The van der Waals surface area contributed by atoms with Gasteiger partial charge in [-0.3, -0.25) is 0 Å². The molecular weight excluding hydrogens is 144 g/mol. The predicted octanol–water partition coefficient (Wildman–Crippen LogP) is 5.13. The molecule has 1 rings (SSSR count). The van der Waals surface area contributed by atoms with Crippen LogP contribution in [0.4, 0.5) is 0 Å². The van der Waals surface area contributed by atoms with Gasteiger partial charge in [-0.05, 0) is 11.8 Å². The van der Waals surface area contributed by atoms with Crippen molar-refractivity contribution < 1.29 is 0 Å². The Morgan fingerprint density at radius 3 is 2.00 bits per heavy atom. The van der Waals surface area contributed by atoms with Gasteiger partial charge >= 0.3 is 0 Å². The molecule has 0 heteroatoms. The molecular formula is C12H30. The molecule has 0 saturated heterocycles. The maximum atomic E-state index is 2.41. The minimum atomic E-state index is 0.